The van der Waals surface area contributed by atoms with Gasteiger partial charge >= 0.3 is 0 Å². The fraction of sp³-hybridized carbons (Fsp3) is 0.684. The number of hydrogen-bond acceptors (Lipinski definition) is 2. The summed E-state index contributed by atoms with van der Waals surface area (Å²) in [6, 6.07) is 0. The van der Waals surface area contributed by atoms with Crippen molar-refractivity contribution >= 4 is 27.7 Å². The van der Waals surface area contributed by atoms with Crippen LogP contribution in [0, 0.1) is 35.5 Å². The maximum Gasteiger partial charge on any atom is 0.158 e. The highest BCUT2D eigenvalue weighted by Crippen LogP contribution is 2.65. The molecule has 4 aliphatic rings. The van der Waals surface area contributed by atoms with Crippen LogP contribution in [0.25, 0.3) is 0 Å². The van der Waals surface area contributed by atoms with Gasteiger partial charge in [-0.2, -0.15) is 0 Å². The Kier molecular flexibility index (Phi) is 3.05. The average Bonchev–Trinajstić information content (AvgIpc) is 3.06. The predicted octanol–water partition coefficient (Wildman–Crippen LogP) is 3.87. The van der Waals surface area contributed by atoms with Crippen LogP contribution in [-0.4, -0.2) is 27.7 Å². The molecular weight excluding hydrogens is 316 g/mol. The number of fused-ring (bicyclic) bond motifs is 8. The summed E-state index contributed by atoms with van der Waals surface area (Å²) in [6.45, 7) is 13.6. The Labute approximate surface area is 141 Å². The molecule has 4 rings (SSSR count). The molecule has 2 saturated carbocycles. The molecular formula is C19H28O2Si2. The number of rotatable bonds is 2. The van der Waals surface area contributed by atoms with E-state index in [4.69, 9.17) is 0 Å². The fourth-order valence-electron chi connectivity index (χ4n) is 5.84. The first-order valence-electron chi connectivity index (χ1n) is 9.05. The third kappa shape index (κ3) is 1.97. The minimum atomic E-state index is -1.56. The summed E-state index contributed by atoms with van der Waals surface area (Å²) in [6.07, 6.45) is 5.74. The number of allylic oxidation sites excluding steroid dienone is 4. The second kappa shape index (κ2) is 4.45. The first-order chi connectivity index (χ1) is 10.5. The van der Waals surface area contributed by atoms with E-state index in [1.807, 2.05) is 0 Å². The van der Waals surface area contributed by atoms with Crippen molar-refractivity contribution < 1.29 is 9.59 Å². The van der Waals surface area contributed by atoms with Gasteiger partial charge in [-0.1, -0.05) is 51.4 Å². The van der Waals surface area contributed by atoms with Crippen molar-refractivity contribution in [2.45, 2.75) is 45.7 Å². The second-order valence-electron chi connectivity index (χ2n) is 10.2. The van der Waals surface area contributed by atoms with Gasteiger partial charge in [0, 0.05) is 11.8 Å². The van der Waals surface area contributed by atoms with E-state index in [2.05, 4.69) is 51.4 Å². The molecule has 23 heavy (non-hydrogen) atoms. The maximum absolute atomic E-state index is 13.0. The molecule has 124 valence electrons. The van der Waals surface area contributed by atoms with Crippen LogP contribution in [-0.2, 0) is 9.59 Å². The predicted molar refractivity (Wildman–Crippen MR) is 98.4 cm³/mol. The standard InChI is InChI=1S/C19H28O2Si2/c1-22(2,3)14-8-12-10-7-11(16(12)18(14)20)13-9-15(23(4,5)6)19(21)17(10)13/h8-13,16-17H,7H2,1-6H3/t10-,11-,12+,13+,16-,17-/m1/s1. The van der Waals surface area contributed by atoms with Crippen LogP contribution >= 0.6 is 0 Å². The summed E-state index contributed by atoms with van der Waals surface area (Å²) < 4.78 is 0. The summed E-state index contributed by atoms with van der Waals surface area (Å²) >= 11 is 0. The topological polar surface area (TPSA) is 34.1 Å². The summed E-state index contributed by atoms with van der Waals surface area (Å²) in [5, 5.41) is 2.31. The molecule has 2 nitrogen and oxygen atoms in total. The Balaban J connectivity index is 1.71. The van der Waals surface area contributed by atoms with Crippen molar-refractivity contribution in [1.29, 1.82) is 0 Å². The Morgan fingerprint density at radius 1 is 0.739 bits per heavy atom. The number of carbonyl (C=O) groups excluding carboxylic acids is 2. The number of ketones is 2. The first kappa shape index (κ1) is 15.8. The molecule has 6 atom stereocenters. The van der Waals surface area contributed by atoms with E-state index in [1.54, 1.807) is 0 Å². The maximum atomic E-state index is 13.0. The SMILES string of the molecule is C[Si](C)(C)C1=C[C@H]2[C@H]3C[C@H]([C@@H]4C=C([Si](C)(C)C)C(=O)[C@@H]43)[C@H]2C1=O. The molecule has 0 unspecified atom stereocenters. The highest BCUT2D eigenvalue weighted by molar-refractivity contribution is 6.88. The summed E-state index contributed by atoms with van der Waals surface area (Å²) in [5.74, 6) is 2.91. The highest BCUT2D eigenvalue weighted by atomic mass is 28.3. The van der Waals surface area contributed by atoms with Crippen LogP contribution in [0.4, 0.5) is 0 Å². The van der Waals surface area contributed by atoms with Crippen LogP contribution in [0.15, 0.2) is 22.5 Å². The number of hydrogen-bond donors (Lipinski definition) is 0. The highest BCUT2D eigenvalue weighted by Gasteiger charge is 2.65. The van der Waals surface area contributed by atoms with Gasteiger partial charge in [-0.15, -0.1) is 0 Å². The molecule has 0 spiro atoms. The van der Waals surface area contributed by atoms with Gasteiger partial charge in [-0.25, -0.2) is 0 Å². The fourth-order valence-corrected chi connectivity index (χ4v) is 9.04. The molecule has 0 saturated heterocycles. The minimum Gasteiger partial charge on any atom is -0.295 e. The molecule has 0 aliphatic heterocycles. The van der Waals surface area contributed by atoms with Gasteiger partial charge in [0.1, 0.15) is 0 Å². The minimum absolute atomic E-state index is 0.202. The Morgan fingerprint density at radius 2 is 1.09 bits per heavy atom. The van der Waals surface area contributed by atoms with Gasteiger partial charge in [-0.05, 0) is 40.5 Å². The van der Waals surface area contributed by atoms with Gasteiger partial charge in [0.15, 0.2) is 11.6 Å². The van der Waals surface area contributed by atoms with Gasteiger partial charge in [0.25, 0.3) is 0 Å². The van der Waals surface area contributed by atoms with Crippen molar-refractivity contribution in [2.75, 3.05) is 0 Å². The van der Waals surface area contributed by atoms with Crippen molar-refractivity contribution in [3.8, 4) is 0 Å². The van der Waals surface area contributed by atoms with Gasteiger partial charge in [0.05, 0.1) is 16.1 Å². The smallest absolute Gasteiger partial charge is 0.158 e. The quantitative estimate of drug-likeness (QED) is 0.713. The molecule has 0 aromatic rings. The number of carbonyl (C=O) groups is 2. The molecule has 0 N–H and O–H groups in total. The Bertz CT molecular complexity index is 616. The van der Waals surface area contributed by atoms with Crippen molar-refractivity contribution in [2.24, 2.45) is 35.5 Å². The van der Waals surface area contributed by atoms with E-state index in [-0.39, 0.29) is 11.8 Å². The van der Waals surface area contributed by atoms with Crippen LogP contribution in [0.1, 0.15) is 6.42 Å². The monoisotopic (exact) mass is 344 g/mol. The third-order valence-electron chi connectivity index (χ3n) is 6.76. The normalized spacial score (nSPS) is 42.0. The van der Waals surface area contributed by atoms with E-state index in [1.165, 1.54) is 0 Å². The van der Waals surface area contributed by atoms with E-state index in [0.29, 0.717) is 35.2 Å². The van der Waals surface area contributed by atoms with E-state index < -0.39 is 16.1 Å². The lowest BCUT2D eigenvalue weighted by Crippen LogP contribution is -2.38. The molecule has 2 fully saturated rings. The second-order valence-corrected chi connectivity index (χ2v) is 20.2. The average molecular weight is 345 g/mol. The van der Waals surface area contributed by atoms with Crippen molar-refractivity contribution in [3.63, 3.8) is 0 Å². The molecule has 4 aliphatic carbocycles. The van der Waals surface area contributed by atoms with Crippen LogP contribution < -0.4 is 0 Å². The Morgan fingerprint density at radius 3 is 1.39 bits per heavy atom. The lowest BCUT2D eigenvalue weighted by molar-refractivity contribution is -0.125. The summed E-state index contributed by atoms with van der Waals surface area (Å²) in [7, 11) is -3.13. The van der Waals surface area contributed by atoms with Crippen molar-refractivity contribution in [3.05, 3.63) is 22.5 Å². The largest absolute Gasteiger partial charge is 0.295 e. The van der Waals surface area contributed by atoms with Gasteiger partial charge < -0.3 is 0 Å². The van der Waals surface area contributed by atoms with Crippen LogP contribution in [0.5, 0.6) is 0 Å². The lowest BCUT2D eigenvalue weighted by atomic mass is 9.70. The van der Waals surface area contributed by atoms with E-state index >= 15 is 0 Å². The summed E-state index contributed by atoms with van der Waals surface area (Å²) in [5.41, 5.74) is 0. The zero-order chi connectivity index (χ0) is 16.9. The molecule has 0 aromatic heterocycles. The molecule has 2 bridgehead atoms. The van der Waals surface area contributed by atoms with Crippen molar-refractivity contribution in [1.82, 2.24) is 0 Å². The molecule has 0 heterocycles. The number of Topliss-reactive ketones (excluding diaryl/α,β-unsaturated/α-hetero) is 2. The third-order valence-corrected chi connectivity index (χ3v) is 10.8. The molecule has 4 heteroatoms. The van der Waals surface area contributed by atoms with Gasteiger partial charge in [0.2, 0.25) is 0 Å². The lowest BCUT2D eigenvalue weighted by Gasteiger charge is -2.32. The van der Waals surface area contributed by atoms with E-state index in [9.17, 15) is 9.59 Å². The molecule has 0 aromatic carbocycles. The Hall–Kier alpha value is -0.746. The van der Waals surface area contributed by atoms with Crippen LogP contribution in [0.2, 0.25) is 39.3 Å². The van der Waals surface area contributed by atoms with Crippen LogP contribution in [0.3, 0.4) is 0 Å². The summed E-state index contributed by atoms with van der Waals surface area (Å²) in [4.78, 5) is 26.1. The molecule has 0 amide bonds. The van der Waals surface area contributed by atoms with Gasteiger partial charge in [-0.3, -0.25) is 9.59 Å². The zero-order valence-corrected chi connectivity index (χ0v) is 17.1. The zero-order valence-electron chi connectivity index (χ0n) is 15.1. The molecule has 0 radical (unpaired) electrons. The van der Waals surface area contributed by atoms with E-state index in [0.717, 1.165) is 16.8 Å². The first-order valence-corrected chi connectivity index (χ1v) is 16.0.